The summed E-state index contributed by atoms with van der Waals surface area (Å²) in [6.07, 6.45) is 3.93. The lowest BCUT2D eigenvalue weighted by Crippen LogP contribution is -2.30. The van der Waals surface area contributed by atoms with Crippen LogP contribution in [-0.4, -0.2) is 29.9 Å². The standard InChI is InChI=1S/C11H16ClNS/c12-5-7-13(11-1-2-11)6-3-10-4-8-14-9-10/h4,8-9,11H,1-3,5-7H2. The molecule has 1 fully saturated rings. The van der Waals surface area contributed by atoms with Gasteiger partial charge in [0.05, 0.1) is 0 Å². The maximum atomic E-state index is 5.79. The Morgan fingerprint density at radius 1 is 1.43 bits per heavy atom. The van der Waals surface area contributed by atoms with E-state index in [1.807, 2.05) is 0 Å². The van der Waals surface area contributed by atoms with Crippen molar-refractivity contribution in [3.8, 4) is 0 Å². The van der Waals surface area contributed by atoms with Gasteiger partial charge in [-0.05, 0) is 41.7 Å². The number of hydrogen-bond acceptors (Lipinski definition) is 2. The Kier molecular flexibility index (Phi) is 3.85. The van der Waals surface area contributed by atoms with E-state index in [2.05, 4.69) is 21.7 Å². The van der Waals surface area contributed by atoms with E-state index in [1.165, 1.54) is 31.4 Å². The predicted molar refractivity (Wildman–Crippen MR) is 63.3 cm³/mol. The number of alkyl halides is 1. The molecule has 0 radical (unpaired) electrons. The van der Waals surface area contributed by atoms with E-state index in [0.29, 0.717) is 0 Å². The zero-order valence-corrected chi connectivity index (χ0v) is 9.86. The third-order valence-electron chi connectivity index (χ3n) is 2.70. The van der Waals surface area contributed by atoms with Crippen molar-refractivity contribution in [2.75, 3.05) is 19.0 Å². The molecule has 3 heteroatoms. The van der Waals surface area contributed by atoms with Crippen molar-refractivity contribution in [2.24, 2.45) is 0 Å². The normalized spacial score (nSPS) is 16.4. The number of rotatable bonds is 6. The number of hydrogen-bond donors (Lipinski definition) is 0. The highest BCUT2D eigenvalue weighted by Crippen LogP contribution is 2.26. The van der Waals surface area contributed by atoms with E-state index in [0.717, 1.165) is 18.5 Å². The van der Waals surface area contributed by atoms with Crippen LogP contribution in [0.25, 0.3) is 0 Å². The van der Waals surface area contributed by atoms with E-state index < -0.39 is 0 Å². The van der Waals surface area contributed by atoms with Crippen molar-refractivity contribution in [2.45, 2.75) is 25.3 Å². The van der Waals surface area contributed by atoms with E-state index in [-0.39, 0.29) is 0 Å². The van der Waals surface area contributed by atoms with Crippen molar-refractivity contribution in [1.82, 2.24) is 4.90 Å². The summed E-state index contributed by atoms with van der Waals surface area (Å²) in [5, 5.41) is 4.39. The van der Waals surface area contributed by atoms with E-state index >= 15 is 0 Å². The van der Waals surface area contributed by atoms with Gasteiger partial charge in [0.2, 0.25) is 0 Å². The molecule has 0 atom stereocenters. The third-order valence-corrected chi connectivity index (χ3v) is 3.60. The maximum Gasteiger partial charge on any atom is 0.0351 e. The molecule has 0 saturated heterocycles. The molecule has 1 nitrogen and oxygen atoms in total. The largest absolute Gasteiger partial charge is 0.299 e. The lowest BCUT2D eigenvalue weighted by molar-refractivity contribution is 0.283. The second-order valence-corrected chi connectivity index (χ2v) is 5.00. The minimum absolute atomic E-state index is 0.764. The van der Waals surface area contributed by atoms with Crippen LogP contribution in [0.4, 0.5) is 0 Å². The summed E-state index contributed by atoms with van der Waals surface area (Å²) in [7, 11) is 0. The first-order valence-electron chi connectivity index (χ1n) is 5.21. The average molecular weight is 230 g/mol. The zero-order chi connectivity index (χ0) is 9.80. The van der Waals surface area contributed by atoms with Gasteiger partial charge in [-0.25, -0.2) is 0 Å². The van der Waals surface area contributed by atoms with Crippen LogP contribution in [0.2, 0.25) is 0 Å². The molecule has 14 heavy (non-hydrogen) atoms. The van der Waals surface area contributed by atoms with Gasteiger partial charge in [0, 0.05) is 25.0 Å². The fraction of sp³-hybridized carbons (Fsp3) is 0.636. The van der Waals surface area contributed by atoms with E-state index in [9.17, 15) is 0 Å². The summed E-state index contributed by atoms with van der Waals surface area (Å²) in [6, 6.07) is 3.06. The number of thiophene rings is 1. The van der Waals surface area contributed by atoms with Crippen LogP contribution in [0.15, 0.2) is 16.8 Å². The van der Waals surface area contributed by atoms with Gasteiger partial charge in [-0.3, -0.25) is 4.90 Å². The summed E-state index contributed by atoms with van der Waals surface area (Å²) in [4.78, 5) is 2.53. The summed E-state index contributed by atoms with van der Waals surface area (Å²) in [6.45, 7) is 2.23. The molecule has 1 heterocycles. The Balaban J connectivity index is 1.76. The Hall–Kier alpha value is -0.0500. The molecule has 0 unspecified atom stereocenters. The molecule has 1 aliphatic carbocycles. The van der Waals surface area contributed by atoms with Gasteiger partial charge in [-0.15, -0.1) is 11.6 Å². The van der Waals surface area contributed by atoms with Gasteiger partial charge in [0.1, 0.15) is 0 Å². The van der Waals surface area contributed by atoms with Crippen LogP contribution in [-0.2, 0) is 6.42 Å². The quantitative estimate of drug-likeness (QED) is 0.678. The monoisotopic (exact) mass is 229 g/mol. The van der Waals surface area contributed by atoms with Crippen molar-refractivity contribution in [1.29, 1.82) is 0 Å². The van der Waals surface area contributed by atoms with Crippen LogP contribution >= 0.6 is 22.9 Å². The molecule has 0 aliphatic heterocycles. The van der Waals surface area contributed by atoms with Crippen LogP contribution in [0.5, 0.6) is 0 Å². The fourth-order valence-electron chi connectivity index (χ4n) is 1.73. The minimum atomic E-state index is 0.764. The predicted octanol–water partition coefficient (Wildman–Crippen LogP) is 2.99. The molecule has 0 N–H and O–H groups in total. The highest BCUT2D eigenvalue weighted by molar-refractivity contribution is 7.07. The molecule has 1 aromatic heterocycles. The first-order chi connectivity index (χ1) is 6.90. The van der Waals surface area contributed by atoms with Crippen LogP contribution < -0.4 is 0 Å². The number of halogens is 1. The van der Waals surface area contributed by atoms with Gasteiger partial charge in [0.25, 0.3) is 0 Å². The Labute approximate surface area is 94.7 Å². The first-order valence-corrected chi connectivity index (χ1v) is 6.69. The van der Waals surface area contributed by atoms with Gasteiger partial charge < -0.3 is 0 Å². The molecular weight excluding hydrogens is 214 g/mol. The summed E-state index contributed by atoms with van der Waals surface area (Å²) in [5.41, 5.74) is 1.47. The van der Waals surface area contributed by atoms with Crippen molar-refractivity contribution < 1.29 is 0 Å². The molecule has 1 saturated carbocycles. The van der Waals surface area contributed by atoms with Gasteiger partial charge >= 0.3 is 0 Å². The summed E-state index contributed by atoms with van der Waals surface area (Å²) in [5.74, 6) is 0.764. The summed E-state index contributed by atoms with van der Waals surface area (Å²) < 4.78 is 0. The minimum Gasteiger partial charge on any atom is -0.299 e. The van der Waals surface area contributed by atoms with Crippen LogP contribution in [0, 0.1) is 0 Å². The Morgan fingerprint density at radius 3 is 2.86 bits per heavy atom. The second kappa shape index (κ2) is 5.15. The van der Waals surface area contributed by atoms with Gasteiger partial charge in [0.15, 0.2) is 0 Å². The summed E-state index contributed by atoms with van der Waals surface area (Å²) >= 11 is 7.57. The van der Waals surface area contributed by atoms with E-state index in [4.69, 9.17) is 11.6 Å². The second-order valence-electron chi connectivity index (χ2n) is 3.84. The molecule has 0 spiro atoms. The molecule has 1 aromatic rings. The zero-order valence-electron chi connectivity index (χ0n) is 8.29. The molecule has 0 aromatic carbocycles. The highest BCUT2D eigenvalue weighted by atomic mass is 35.5. The maximum absolute atomic E-state index is 5.79. The Bertz CT molecular complexity index is 256. The molecule has 2 rings (SSSR count). The molecule has 0 amide bonds. The van der Waals surface area contributed by atoms with Crippen molar-refractivity contribution >= 4 is 22.9 Å². The van der Waals surface area contributed by atoms with Gasteiger partial charge in [-0.1, -0.05) is 0 Å². The topological polar surface area (TPSA) is 3.24 Å². The molecule has 1 aliphatic rings. The van der Waals surface area contributed by atoms with Gasteiger partial charge in [-0.2, -0.15) is 11.3 Å². The van der Waals surface area contributed by atoms with E-state index in [1.54, 1.807) is 11.3 Å². The SMILES string of the molecule is ClCCN(CCc1ccsc1)C1CC1. The lowest BCUT2D eigenvalue weighted by atomic mass is 10.2. The molecular formula is C11H16ClNS. The molecule has 0 bridgehead atoms. The highest BCUT2D eigenvalue weighted by Gasteiger charge is 2.27. The smallest absolute Gasteiger partial charge is 0.0351 e. The number of nitrogens with zero attached hydrogens (tertiary/aromatic N) is 1. The lowest BCUT2D eigenvalue weighted by Gasteiger charge is -2.20. The van der Waals surface area contributed by atoms with Crippen molar-refractivity contribution in [3.05, 3.63) is 22.4 Å². The fourth-order valence-corrected chi connectivity index (χ4v) is 2.65. The average Bonchev–Trinajstić information content (AvgIpc) is 2.90. The Morgan fingerprint density at radius 2 is 2.29 bits per heavy atom. The first kappa shape index (κ1) is 10.5. The van der Waals surface area contributed by atoms with Crippen molar-refractivity contribution in [3.63, 3.8) is 0 Å². The third kappa shape index (κ3) is 2.97. The van der Waals surface area contributed by atoms with Crippen LogP contribution in [0.1, 0.15) is 18.4 Å². The molecule has 78 valence electrons. The van der Waals surface area contributed by atoms with Crippen LogP contribution in [0.3, 0.4) is 0 Å².